The summed E-state index contributed by atoms with van der Waals surface area (Å²) in [5.41, 5.74) is 3.04. The summed E-state index contributed by atoms with van der Waals surface area (Å²) in [6, 6.07) is 21.3. The maximum absolute atomic E-state index is 13.2. The second-order valence-corrected chi connectivity index (χ2v) is 8.51. The number of nitrogens with zero attached hydrogens (tertiary/aromatic N) is 1. The summed E-state index contributed by atoms with van der Waals surface area (Å²) in [6.45, 7) is 2.88. The zero-order valence-corrected chi connectivity index (χ0v) is 19.7. The number of amides is 2. The smallest absolute Gasteiger partial charge is 0.293 e. The Kier molecular flexibility index (Phi) is 5.57. The summed E-state index contributed by atoms with van der Waals surface area (Å²) < 4.78 is 22.4. The molecule has 0 saturated carbocycles. The lowest BCUT2D eigenvalue weighted by atomic mass is 10.1. The van der Waals surface area contributed by atoms with E-state index in [0.29, 0.717) is 52.7 Å². The second kappa shape index (κ2) is 9.19. The zero-order chi connectivity index (χ0) is 25.4. The molecule has 0 spiro atoms. The first kappa shape index (κ1) is 22.4. The minimum absolute atomic E-state index is 0.0217. The summed E-state index contributed by atoms with van der Waals surface area (Å²) in [4.78, 5) is 26.3. The third kappa shape index (κ3) is 4.38. The van der Waals surface area contributed by atoms with E-state index < -0.39 is 11.8 Å². The molecule has 2 amide bonds. The van der Waals surface area contributed by atoms with E-state index in [0.717, 1.165) is 5.56 Å². The van der Waals surface area contributed by atoms with Crippen molar-refractivity contribution in [2.24, 2.45) is 0 Å². The van der Waals surface area contributed by atoms with E-state index in [1.165, 1.54) is 6.07 Å². The van der Waals surface area contributed by atoms with Gasteiger partial charge in [-0.05, 0) is 55.0 Å². The minimum Gasteiger partial charge on any atom is -0.486 e. The Balaban J connectivity index is 1.28. The SMILES string of the molecule is Cc1cccc(NC(=O)c2oc3ccccc3c2NC(=O)c2cc(-c3ccc4c(c3)OCCO4)on2)c1. The van der Waals surface area contributed by atoms with Gasteiger partial charge in [-0.3, -0.25) is 9.59 Å². The number of carbonyl (C=O) groups excluding carboxylic acids is 2. The first-order chi connectivity index (χ1) is 18.0. The van der Waals surface area contributed by atoms with Crippen LogP contribution in [0.4, 0.5) is 11.4 Å². The van der Waals surface area contributed by atoms with Crippen LogP contribution in [-0.2, 0) is 0 Å². The molecule has 9 nitrogen and oxygen atoms in total. The third-order valence-electron chi connectivity index (χ3n) is 5.89. The predicted octanol–water partition coefficient (Wildman–Crippen LogP) is 5.67. The first-order valence-corrected chi connectivity index (χ1v) is 11.6. The van der Waals surface area contributed by atoms with Crippen molar-refractivity contribution >= 4 is 34.2 Å². The minimum atomic E-state index is -0.552. The number of fused-ring (bicyclic) bond motifs is 2. The molecule has 184 valence electrons. The number of benzene rings is 3. The molecule has 0 radical (unpaired) electrons. The normalized spacial score (nSPS) is 12.4. The van der Waals surface area contributed by atoms with Crippen LogP contribution in [0.2, 0.25) is 0 Å². The second-order valence-electron chi connectivity index (χ2n) is 8.51. The molecule has 37 heavy (non-hydrogen) atoms. The number of nitrogens with one attached hydrogen (secondary N) is 2. The summed E-state index contributed by atoms with van der Waals surface area (Å²) in [5.74, 6) is 0.567. The lowest BCUT2D eigenvalue weighted by Gasteiger charge is -2.18. The number of ether oxygens (including phenoxy) is 2. The number of aryl methyl sites for hydroxylation is 1. The molecule has 2 aromatic heterocycles. The monoisotopic (exact) mass is 495 g/mol. The van der Waals surface area contributed by atoms with E-state index in [1.807, 2.05) is 25.1 Å². The lowest BCUT2D eigenvalue weighted by Crippen LogP contribution is -2.17. The van der Waals surface area contributed by atoms with Crippen LogP contribution in [0.25, 0.3) is 22.3 Å². The van der Waals surface area contributed by atoms with Gasteiger partial charge in [0.05, 0.1) is 0 Å². The highest BCUT2D eigenvalue weighted by Gasteiger charge is 2.24. The average Bonchev–Trinajstić information content (AvgIpc) is 3.54. The van der Waals surface area contributed by atoms with Crippen LogP contribution < -0.4 is 20.1 Å². The van der Waals surface area contributed by atoms with Crippen LogP contribution in [0.5, 0.6) is 11.5 Å². The third-order valence-corrected chi connectivity index (χ3v) is 5.89. The van der Waals surface area contributed by atoms with Crippen molar-refractivity contribution in [3.63, 3.8) is 0 Å². The molecule has 6 rings (SSSR count). The zero-order valence-electron chi connectivity index (χ0n) is 19.7. The fourth-order valence-electron chi connectivity index (χ4n) is 4.13. The van der Waals surface area contributed by atoms with E-state index in [4.69, 9.17) is 18.4 Å². The molecule has 2 N–H and O–H groups in total. The number of carbonyl (C=O) groups is 2. The highest BCUT2D eigenvalue weighted by atomic mass is 16.6. The molecular weight excluding hydrogens is 474 g/mol. The lowest BCUT2D eigenvalue weighted by molar-refractivity contribution is 0.0999. The Morgan fingerprint density at radius 2 is 1.68 bits per heavy atom. The molecule has 0 saturated heterocycles. The van der Waals surface area contributed by atoms with Gasteiger partial charge in [-0.1, -0.05) is 29.4 Å². The average molecular weight is 495 g/mol. The summed E-state index contributed by atoms with van der Waals surface area (Å²) >= 11 is 0. The van der Waals surface area contributed by atoms with E-state index in [2.05, 4.69) is 15.8 Å². The van der Waals surface area contributed by atoms with Crippen LogP contribution in [0, 0.1) is 6.92 Å². The van der Waals surface area contributed by atoms with Gasteiger partial charge in [-0.15, -0.1) is 0 Å². The van der Waals surface area contributed by atoms with Gasteiger partial charge in [-0.2, -0.15) is 0 Å². The van der Waals surface area contributed by atoms with Crippen molar-refractivity contribution in [1.82, 2.24) is 5.16 Å². The van der Waals surface area contributed by atoms with Gasteiger partial charge in [0.25, 0.3) is 11.8 Å². The van der Waals surface area contributed by atoms with Crippen molar-refractivity contribution in [3.8, 4) is 22.8 Å². The highest BCUT2D eigenvalue weighted by Crippen LogP contribution is 2.35. The molecule has 3 aromatic carbocycles. The largest absolute Gasteiger partial charge is 0.486 e. The van der Waals surface area contributed by atoms with Gasteiger partial charge in [0.1, 0.15) is 24.5 Å². The quantitative estimate of drug-likeness (QED) is 0.323. The standard InChI is InChI=1S/C28H21N3O6/c1-16-5-4-6-18(13-16)29-28(33)26-25(19-7-2-3-8-21(19)36-26)30-27(32)20-15-23(37-31-20)17-9-10-22-24(14-17)35-12-11-34-22/h2-10,13-15H,11-12H2,1H3,(H,29,33)(H,30,32). The van der Waals surface area contributed by atoms with E-state index in [-0.39, 0.29) is 17.1 Å². The first-order valence-electron chi connectivity index (χ1n) is 11.6. The Labute approximate surface area is 211 Å². The Bertz CT molecular complexity index is 1650. The number of anilines is 2. The highest BCUT2D eigenvalue weighted by molar-refractivity contribution is 6.16. The molecule has 3 heterocycles. The molecule has 0 unspecified atom stereocenters. The molecule has 9 heteroatoms. The molecule has 0 aliphatic carbocycles. The summed E-state index contributed by atoms with van der Waals surface area (Å²) in [6.07, 6.45) is 0. The van der Waals surface area contributed by atoms with Crippen LogP contribution in [-0.4, -0.2) is 30.2 Å². The molecule has 5 aromatic rings. The fraction of sp³-hybridized carbons (Fsp3) is 0.107. The van der Waals surface area contributed by atoms with Gasteiger partial charge in [0, 0.05) is 22.7 Å². The molecule has 1 aliphatic rings. The van der Waals surface area contributed by atoms with E-state index in [1.54, 1.807) is 48.5 Å². The molecule has 0 atom stereocenters. The van der Waals surface area contributed by atoms with Crippen molar-refractivity contribution in [1.29, 1.82) is 0 Å². The van der Waals surface area contributed by atoms with Gasteiger partial charge in [-0.25, -0.2) is 0 Å². The van der Waals surface area contributed by atoms with Gasteiger partial charge in [0.2, 0.25) is 5.76 Å². The topological polar surface area (TPSA) is 116 Å². The van der Waals surface area contributed by atoms with Gasteiger partial charge < -0.3 is 29.0 Å². The number of rotatable bonds is 5. The van der Waals surface area contributed by atoms with Crippen molar-refractivity contribution in [2.75, 3.05) is 23.8 Å². The van der Waals surface area contributed by atoms with Gasteiger partial charge in [0.15, 0.2) is 23.0 Å². The van der Waals surface area contributed by atoms with Crippen LogP contribution in [0.1, 0.15) is 26.6 Å². The Hall–Kier alpha value is -5.05. The van der Waals surface area contributed by atoms with Crippen LogP contribution in [0.15, 0.2) is 81.7 Å². The molecule has 1 aliphatic heterocycles. The van der Waals surface area contributed by atoms with Crippen LogP contribution >= 0.6 is 0 Å². The van der Waals surface area contributed by atoms with Crippen molar-refractivity contribution in [3.05, 3.63) is 89.8 Å². The van der Waals surface area contributed by atoms with Crippen molar-refractivity contribution in [2.45, 2.75) is 6.92 Å². The van der Waals surface area contributed by atoms with Gasteiger partial charge >= 0.3 is 0 Å². The Morgan fingerprint density at radius 3 is 2.54 bits per heavy atom. The van der Waals surface area contributed by atoms with E-state index >= 15 is 0 Å². The fourth-order valence-corrected chi connectivity index (χ4v) is 4.13. The number of aromatic nitrogens is 1. The maximum Gasteiger partial charge on any atom is 0.293 e. The number of furan rings is 1. The number of para-hydroxylation sites is 1. The number of hydrogen-bond donors (Lipinski definition) is 2. The van der Waals surface area contributed by atoms with Crippen molar-refractivity contribution < 1.29 is 28.0 Å². The summed E-state index contributed by atoms with van der Waals surface area (Å²) in [5, 5.41) is 10.1. The van der Waals surface area contributed by atoms with E-state index in [9.17, 15) is 9.59 Å². The Morgan fingerprint density at radius 1 is 0.838 bits per heavy atom. The molecule has 0 bridgehead atoms. The summed E-state index contributed by atoms with van der Waals surface area (Å²) in [7, 11) is 0. The molecular formula is C28H21N3O6. The maximum atomic E-state index is 13.2. The predicted molar refractivity (Wildman–Crippen MR) is 136 cm³/mol. The molecule has 0 fully saturated rings. The van der Waals surface area contributed by atoms with Crippen LogP contribution in [0.3, 0.4) is 0 Å². The number of hydrogen-bond acceptors (Lipinski definition) is 7.